The van der Waals surface area contributed by atoms with Crippen LogP contribution in [0.25, 0.3) is 0 Å². The Bertz CT molecular complexity index is 1250. The number of aliphatic hydroxyl groups is 1. The van der Waals surface area contributed by atoms with E-state index in [0.717, 1.165) is 56.1 Å². The molecule has 0 aromatic heterocycles. The third kappa shape index (κ3) is 7.27. The minimum atomic E-state index is -0.871. The van der Waals surface area contributed by atoms with Crippen molar-refractivity contribution in [1.29, 1.82) is 0 Å². The summed E-state index contributed by atoms with van der Waals surface area (Å²) in [5.74, 6) is -0.685. The topological polar surface area (TPSA) is 102 Å². The van der Waals surface area contributed by atoms with E-state index in [4.69, 9.17) is 0 Å². The molecule has 1 saturated carbocycles. The standard InChI is InChI=1S/C34H45FN4O4/c1-2-3-19-39-32(42)30(31(41)26-7-5-4-6-8-26)37-33(43)34(39)17-20-38(21-18-34)23-25-11-15-28(16-12-25)36-29(40)22-24-9-13-27(35)14-10-24/h9-16,26,30-31,41H,2-8,17-23H2,1H3,(H,36,40)(H,37,43). The van der Waals surface area contributed by atoms with Crippen molar-refractivity contribution in [1.82, 2.24) is 15.1 Å². The Balaban J connectivity index is 1.17. The summed E-state index contributed by atoms with van der Waals surface area (Å²) in [7, 11) is 0. The number of carbonyl (C=O) groups is 3. The average Bonchev–Trinajstić information content (AvgIpc) is 3.02. The normalized spacial score (nSPS) is 21.9. The van der Waals surface area contributed by atoms with Gasteiger partial charge in [-0.2, -0.15) is 0 Å². The van der Waals surface area contributed by atoms with Crippen molar-refractivity contribution in [3.05, 3.63) is 65.5 Å². The van der Waals surface area contributed by atoms with Crippen LogP contribution in [-0.4, -0.2) is 69.9 Å². The zero-order valence-corrected chi connectivity index (χ0v) is 25.2. The zero-order chi connectivity index (χ0) is 30.4. The Morgan fingerprint density at radius 1 is 1.02 bits per heavy atom. The highest BCUT2D eigenvalue weighted by atomic mass is 19.1. The first-order chi connectivity index (χ1) is 20.8. The van der Waals surface area contributed by atoms with Crippen molar-refractivity contribution in [3.63, 3.8) is 0 Å². The van der Waals surface area contributed by atoms with Crippen LogP contribution in [-0.2, 0) is 27.3 Å². The number of piperazine rings is 1. The molecule has 2 aliphatic heterocycles. The minimum Gasteiger partial charge on any atom is -0.390 e. The fourth-order valence-electron chi connectivity index (χ4n) is 6.98. The molecule has 43 heavy (non-hydrogen) atoms. The van der Waals surface area contributed by atoms with Crippen LogP contribution in [0.15, 0.2) is 48.5 Å². The van der Waals surface area contributed by atoms with E-state index in [0.29, 0.717) is 44.7 Å². The molecule has 3 aliphatic rings. The molecule has 5 rings (SSSR count). The van der Waals surface area contributed by atoms with Gasteiger partial charge < -0.3 is 20.6 Å². The summed E-state index contributed by atoms with van der Waals surface area (Å²) in [6, 6.07) is 12.8. The van der Waals surface area contributed by atoms with Gasteiger partial charge in [-0.05, 0) is 73.4 Å². The highest BCUT2D eigenvalue weighted by molar-refractivity contribution is 6.00. The molecular formula is C34H45FN4O4. The van der Waals surface area contributed by atoms with E-state index in [2.05, 4.69) is 22.5 Å². The van der Waals surface area contributed by atoms with Gasteiger partial charge in [0.15, 0.2) is 0 Å². The number of anilines is 1. The number of nitrogens with one attached hydrogen (secondary N) is 2. The SMILES string of the molecule is CCCCN1C(=O)C(C(O)C2CCCCC2)NC(=O)C12CCN(Cc1ccc(NC(=O)Cc3ccc(F)cc3)cc1)CC2. The lowest BCUT2D eigenvalue weighted by Crippen LogP contribution is -2.75. The van der Waals surface area contributed by atoms with Crippen LogP contribution < -0.4 is 10.6 Å². The number of rotatable bonds is 10. The maximum atomic E-state index is 13.8. The summed E-state index contributed by atoms with van der Waals surface area (Å²) >= 11 is 0. The predicted molar refractivity (Wildman–Crippen MR) is 164 cm³/mol. The van der Waals surface area contributed by atoms with E-state index in [1.807, 2.05) is 29.2 Å². The Kier molecular flexibility index (Phi) is 10.1. The van der Waals surface area contributed by atoms with Crippen molar-refractivity contribution in [2.75, 3.05) is 25.0 Å². The van der Waals surface area contributed by atoms with Crippen molar-refractivity contribution in [2.45, 2.75) is 95.4 Å². The maximum absolute atomic E-state index is 13.8. The molecule has 2 atom stereocenters. The van der Waals surface area contributed by atoms with E-state index in [1.54, 1.807) is 12.1 Å². The Morgan fingerprint density at radius 3 is 2.33 bits per heavy atom. The molecule has 2 aromatic rings. The second-order valence-electron chi connectivity index (χ2n) is 12.5. The number of likely N-dealkylation sites (tertiary alicyclic amines) is 1. The average molecular weight is 593 g/mol. The Hall–Kier alpha value is -3.30. The summed E-state index contributed by atoms with van der Waals surface area (Å²) in [5.41, 5.74) is 1.66. The lowest BCUT2D eigenvalue weighted by atomic mass is 9.78. The summed E-state index contributed by atoms with van der Waals surface area (Å²) in [6.45, 7) is 4.67. The van der Waals surface area contributed by atoms with Crippen molar-refractivity contribution >= 4 is 23.4 Å². The number of hydrogen-bond acceptors (Lipinski definition) is 5. The number of unbranched alkanes of at least 4 members (excludes halogenated alkanes) is 1. The van der Waals surface area contributed by atoms with E-state index >= 15 is 0 Å². The number of piperidine rings is 1. The predicted octanol–water partition coefficient (Wildman–Crippen LogP) is 4.41. The van der Waals surface area contributed by atoms with Crippen LogP contribution >= 0.6 is 0 Å². The van der Waals surface area contributed by atoms with Crippen LogP contribution in [0.3, 0.4) is 0 Å². The fourth-order valence-corrected chi connectivity index (χ4v) is 6.98. The molecule has 2 aromatic carbocycles. The zero-order valence-electron chi connectivity index (χ0n) is 25.2. The second-order valence-corrected chi connectivity index (χ2v) is 12.5. The molecule has 2 unspecified atom stereocenters. The molecule has 0 bridgehead atoms. The van der Waals surface area contributed by atoms with E-state index in [1.165, 1.54) is 12.1 Å². The van der Waals surface area contributed by atoms with Gasteiger partial charge in [0.2, 0.25) is 17.7 Å². The molecule has 3 N–H and O–H groups in total. The van der Waals surface area contributed by atoms with Gasteiger partial charge in [0.25, 0.3) is 0 Å². The number of amides is 3. The highest BCUT2D eigenvalue weighted by Crippen LogP contribution is 2.36. The number of carbonyl (C=O) groups excluding carboxylic acids is 3. The number of nitrogens with zero attached hydrogens (tertiary/aromatic N) is 2. The van der Waals surface area contributed by atoms with Gasteiger partial charge in [-0.1, -0.05) is 56.9 Å². The van der Waals surface area contributed by atoms with Crippen LogP contribution in [0, 0.1) is 11.7 Å². The molecule has 8 nitrogen and oxygen atoms in total. The van der Waals surface area contributed by atoms with Crippen LogP contribution in [0.4, 0.5) is 10.1 Å². The van der Waals surface area contributed by atoms with Gasteiger partial charge in [0, 0.05) is 31.9 Å². The lowest BCUT2D eigenvalue weighted by Gasteiger charge is -2.52. The molecule has 232 valence electrons. The van der Waals surface area contributed by atoms with Gasteiger partial charge >= 0.3 is 0 Å². The lowest BCUT2D eigenvalue weighted by molar-refractivity contribution is -0.166. The second kappa shape index (κ2) is 14.0. The molecule has 1 aliphatic carbocycles. The van der Waals surface area contributed by atoms with Gasteiger partial charge in [0.05, 0.1) is 12.5 Å². The molecule has 3 fully saturated rings. The third-order valence-corrected chi connectivity index (χ3v) is 9.57. The van der Waals surface area contributed by atoms with Gasteiger partial charge in [0.1, 0.15) is 17.4 Å². The highest BCUT2D eigenvalue weighted by Gasteiger charge is 2.55. The van der Waals surface area contributed by atoms with Crippen LogP contribution in [0.5, 0.6) is 0 Å². The molecule has 3 amide bonds. The number of aliphatic hydroxyl groups excluding tert-OH is 1. The fraction of sp³-hybridized carbons (Fsp3) is 0.559. The quantitative estimate of drug-likeness (QED) is 0.380. The minimum absolute atomic E-state index is 0.0569. The molecule has 0 radical (unpaired) electrons. The first-order valence-electron chi connectivity index (χ1n) is 15.9. The Labute approximate surface area is 254 Å². The molecule has 2 heterocycles. The summed E-state index contributed by atoms with van der Waals surface area (Å²) in [5, 5.41) is 17.0. The molecule has 1 spiro atoms. The molecular weight excluding hydrogens is 547 g/mol. The first-order valence-corrected chi connectivity index (χ1v) is 15.9. The van der Waals surface area contributed by atoms with E-state index in [-0.39, 0.29) is 35.9 Å². The van der Waals surface area contributed by atoms with Crippen LogP contribution in [0.2, 0.25) is 0 Å². The Morgan fingerprint density at radius 2 is 1.67 bits per heavy atom. The number of benzene rings is 2. The number of halogens is 1. The summed E-state index contributed by atoms with van der Waals surface area (Å²) in [6.07, 6.45) is 7.27. The van der Waals surface area contributed by atoms with E-state index in [9.17, 15) is 23.9 Å². The van der Waals surface area contributed by atoms with E-state index < -0.39 is 17.7 Å². The van der Waals surface area contributed by atoms with Gasteiger partial charge in [-0.3, -0.25) is 19.3 Å². The van der Waals surface area contributed by atoms with Gasteiger partial charge in [-0.15, -0.1) is 0 Å². The van der Waals surface area contributed by atoms with Crippen molar-refractivity contribution in [2.24, 2.45) is 5.92 Å². The van der Waals surface area contributed by atoms with Crippen molar-refractivity contribution in [3.8, 4) is 0 Å². The summed E-state index contributed by atoms with van der Waals surface area (Å²) in [4.78, 5) is 44.1. The summed E-state index contributed by atoms with van der Waals surface area (Å²) < 4.78 is 13.1. The maximum Gasteiger partial charge on any atom is 0.248 e. The van der Waals surface area contributed by atoms with Gasteiger partial charge in [-0.25, -0.2) is 4.39 Å². The third-order valence-electron chi connectivity index (χ3n) is 9.57. The van der Waals surface area contributed by atoms with Crippen molar-refractivity contribution < 1.29 is 23.9 Å². The smallest absolute Gasteiger partial charge is 0.248 e. The van der Waals surface area contributed by atoms with Crippen LogP contribution in [0.1, 0.15) is 75.8 Å². The monoisotopic (exact) mass is 592 g/mol. The largest absolute Gasteiger partial charge is 0.390 e. The molecule has 9 heteroatoms. The molecule has 2 saturated heterocycles. The number of hydrogen-bond donors (Lipinski definition) is 3. The first kappa shape index (κ1) is 31.1.